The first-order valence-electron chi connectivity index (χ1n) is 9.77. The van der Waals surface area contributed by atoms with Gasteiger partial charge in [-0.2, -0.15) is 5.10 Å². The van der Waals surface area contributed by atoms with Crippen molar-refractivity contribution < 1.29 is 9.18 Å². The number of hydrogen-bond donors (Lipinski definition) is 2. The van der Waals surface area contributed by atoms with Crippen molar-refractivity contribution >= 4 is 23.2 Å². The quantitative estimate of drug-likeness (QED) is 0.472. The molecular formula is C23H19ClFN5O2. The van der Waals surface area contributed by atoms with E-state index in [4.69, 9.17) is 11.6 Å². The topological polar surface area (TPSA) is 92.7 Å². The Hall–Kier alpha value is -3.78. The van der Waals surface area contributed by atoms with Crippen LogP contribution >= 0.6 is 11.6 Å². The summed E-state index contributed by atoms with van der Waals surface area (Å²) in [4.78, 5) is 31.7. The van der Waals surface area contributed by atoms with Crippen molar-refractivity contribution in [2.75, 3.05) is 5.32 Å². The van der Waals surface area contributed by atoms with Crippen LogP contribution in [0.1, 0.15) is 27.3 Å². The molecule has 0 bridgehead atoms. The minimum atomic E-state index is -0.416. The van der Waals surface area contributed by atoms with Crippen LogP contribution in [0.3, 0.4) is 0 Å². The number of hydrogen-bond acceptors (Lipinski definition) is 4. The molecule has 0 radical (unpaired) electrons. The summed E-state index contributed by atoms with van der Waals surface area (Å²) in [5.74, 6) is -0.336. The fourth-order valence-corrected chi connectivity index (χ4v) is 3.65. The summed E-state index contributed by atoms with van der Waals surface area (Å²) in [5.41, 5.74) is 3.02. The summed E-state index contributed by atoms with van der Waals surface area (Å²) in [6.45, 7) is 3.73. The molecule has 0 aliphatic carbocycles. The molecule has 2 heterocycles. The van der Waals surface area contributed by atoms with E-state index >= 15 is 0 Å². The van der Waals surface area contributed by atoms with Crippen molar-refractivity contribution in [2.24, 2.45) is 0 Å². The molecule has 4 aromatic rings. The van der Waals surface area contributed by atoms with Gasteiger partial charge in [0.15, 0.2) is 0 Å². The number of rotatable bonds is 5. The van der Waals surface area contributed by atoms with Crippen LogP contribution in [0.5, 0.6) is 0 Å². The first kappa shape index (κ1) is 21.5. The lowest BCUT2D eigenvalue weighted by Crippen LogP contribution is -2.13. The highest BCUT2D eigenvalue weighted by Gasteiger charge is 2.21. The van der Waals surface area contributed by atoms with Gasteiger partial charge in [0, 0.05) is 23.0 Å². The Morgan fingerprint density at radius 3 is 2.62 bits per heavy atom. The number of nitrogens with one attached hydrogen (secondary N) is 2. The van der Waals surface area contributed by atoms with Crippen LogP contribution < -0.4 is 10.9 Å². The minimum Gasteiger partial charge on any atom is -0.322 e. The van der Waals surface area contributed by atoms with Crippen LogP contribution in [0.15, 0.2) is 59.4 Å². The van der Waals surface area contributed by atoms with E-state index in [1.165, 1.54) is 22.9 Å². The van der Waals surface area contributed by atoms with Gasteiger partial charge in [-0.3, -0.25) is 9.59 Å². The van der Waals surface area contributed by atoms with Crippen molar-refractivity contribution in [1.82, 2.24) is 19.7 Å². The Kier molecular flexibility index (Phi) is 5.87. The van der Waals surface area contributed by atoms with Crippen LogP contribution in [0.4, 0.5) is 10.1 Å². The number of nitrogens with zero attached hydrogens (tertiary/aromatic N) is 3. The summed E-state index contributed by atoms with van der Waals surface area (Å²) in [7, 11) is 0. The molecule has 0 saturated heterocycles. The van der Waals surface area contributed by atoms with Crippen LogP contribution in [0.25, 0.3) is 11.4 Å². The number of amides is 1. The van der Waals surface area contributed by atoms with Crippen molar-refractivity contribution in [3.63, 3.8) is 0 Å². The third-order valence-corrected chi connectivity index (χ3v) is 5.19. The average Bonchev–Trinajstić information content (AvgIpc) is 3.02. The second-order valence-corrected chi connectivity index (χ2v) is 7.66. The van der Waals surface area contributed by atoms with E-state index in [0.29, 0.717) is 35.0 Å². The van der Waals surface area contributed by atoms with Gasteiger partial charge in [-0.05, 0) is 43.7 Å². The predicted molar refractivity (Wildman–Crippen MR) is 120 cm³/mol. The summed E-state index contributed by atoms with van der Waals surface area (Å²) >= 11 is 6.45. The van der Waals surface area contributed by atoms with Crippen LogP contribution in [-0.2, 0) is 6.54 Å². The highest BCUT2D eigenvalue weighted by Crippen LogP contribution is 2.24. The molecule has 1 amide bonds. The number of aromatic amines is 1. The van der Waals surface area contributed by atoms with Crippen LogP contribution in [0.2, 0.25) is 5.15 Å². The number of halogens is 2. The van der Waals surface area contributed by atoms with Gasteiger partial charge in [0.1, 0.15) is 16.8 Å². The second kappa shape index (κ2) is 8.76. The van der Waals surface area contributed by atoms with Crippen molar-refractivity contribution in [2.45, 2.75) is 20.4 Å². The lowest BCUT2D eigenvalue weighted by molar-refractivity contribution is 0.102. The predicted octanol–water partition coefficient (Wildman–Crippen LogP) is 4.34. The van der Waals surface area contributed by atoms with Gasteiger partial charge in [0.25, 0.3) is 11.5 Å². The van der Waals surface area contributed by atoms with Crippen LogP contribution in [-0.4, -0.2) is 25.7 Å². The van der Waals surface area contributed by atoms with E-state index in [9.17, 15) is 14.0 Å². The molecule has 0 aliphatic rings. The maximum absolute atomic E-state index is 13.1. The van der Waals surface area contributed by atoms with Crippen molar-refractivity contribution in [3.05, 3.63) is 98.4 Å². The standard InChI is InChI=1S/C23H19ClFN5O2/c1-13-10-19(31)28-22(26-13)16-4-3-5-18(11-16)27-23(32)20-14(2)29-30(21(20)24)12-15-6-8-17(25)9-7-15/h3-11H,12H2,1-2H3,(H,27,32)(H,26,28,31). The van der Waals surface area contributed by atoms with Gasteiger partial charge < -0.3 is 10.3 Å². The Morgan fingerprint density at radius 1 is 1.16 bits per heavy atom. The van der Waals surface area contributed by atoms with E-state index in [2.05, 4.69) is 20.4 Å². The molecule has 2 aromatic carbocycles. The SMILES string of the molecule is Cc1cc(=O)[nH]c(-c2cccc(NC(=O)c3c(C)nn(Cc4ccc(F)cc4)c3Cl)c2)n1. The van der Waals surface area contributed by atoms with E-state index in [-0.39, 0.29) is 22.1 Å². The summed E-state index contributed by atoms with van der Waals surface area (Å²) in [6, 6.07) is 14.4. The highest BCUT2D eigenvalue weighted by atomic mass is 35.5. The number of benzene rings is 2. The van der Waals surface area contributed by atoms with Crippen molar-refractivity contribution in [1.29, 1.82) is 0 Å². The smallest absolute Gasteiger partial charge is 0.260 e. The maximum atomic E-state index is 13.1. The monoisotopic (exact) mass is 451 g/mol. The molecule has 0 fully saturated rings. The molecule has 0 saturated carbocycles. The molecule has 7 nitrogen and oxygen atoms in total. The molecule has 0 unspecified atom stereocenters. The largest absolute Gasteiger partial charge is 0.322 e. The van der Waals surface area contributed by atoms with Gasteiger partial charge in [0.05, 0.1) is 17.8 Å². The maximum Gasteiger partial charge on any atom is 0.260 e. The number of aryl methyl sites for hydroxylation is 2. The molecule has 32 heavy (non-hydrogen) atoms. The van der Waals surface area contributed by atoms with Gasteiger partial charge in [-0.25, -0.2) is 14.1 Å². The normalized spacial score (nSPS) is 10.9. The Balaban J connectivity index is 1.57. The summed E-state index contributed by atoms with van der Waals surface area (Å²) < 4.78 is 14.6. The third-order valence-electron chi connectivity index (χ3n) is 4.80. The molecular weight excluding hydrogens is 433 g/mol. The number of carbonyl (C=O) groups is 1. The van der Waals surface area contributed by atoms with E-state index in [1.54, 1.807) is 50.2 Å². The van der Waals surface area contributed by atoms with Gasteiger partial charge in [-0.15, -0.1) is 0 Å². The van der Waals surface area contributed by atoms with E-state index in [0.717, 1.165) is 5.56 Å². The molecule has 9 heteroatoms. The minimum absolute atomic E-state index is 0.185. The molecule has 4 rings (SSSR count). The molecule has 162 valence electrons. The molecule has 0 atom stereocenters. The fourth-order valence-electron chi connectivity index (χ4n) is 3.33. The van der Waals surface area contributed by atoms with Crippen LogP contribution in [0, 0.1) is 19.7 Å². The first-order valence-corrected chi connectivity index (χ1v) is 10.1. The fraction of sp³-hybridized carbons (Fsp3) is 0.130. The highest BCUT2D eigenvalue weighted by molar-refractivity contribution is 6.33. The zero-order valence-electron chi connectivity index (χ0n) is 17.3. The van der Waals surface area contributed by atoms with Gasteiger partial charge in [0.2, 0.25) is 0 Å². The zero-order valence-corrected chi connectivity index (χ0v) is 18.1. The zero-order chi connectivity index (χ0) is 22.8. The third kappa shape index (κ3) is 4.60. The summed E-state index contributed by atoms with van der Waals surface area (Å²) in [6.07, 6.45) is 0. The number of carbonyl (C=O) groups excluding carboxylic acids is 1. The Labute approximate surface area is 187 Å². The summed E-state index contributed by atoms with van der Waals surface area (Å²) in [5, 5.41) is 7.36. The Morgan fingerprint density at radius 2 is 1.91 bits per heavy atom. The first-order chi connectivity index (χ1) is 15.3. The molecule has 0 spiro atoms. The average molecular weight is 452 g/mol. The number of H-pyrrole nitrogens is 1. The second-order valence-electron chi connectivity index (χ2n) is 7.31. The van der Waals surface area contributed by atoms with E-state index < -0.39 is 5.91 Å². The number of anilines is 1. The lowest BCUT2D eigenvalue weighted by atomic mass is 10.1. The Bertz CT molecular complexity index is 1360. The van der Waals surface area contributed by atoms with Gasteiger partial charge in [-0.1, -0.05) is 35.9 Å². The van der Waals surface area contributed by atoms with E-state index in [1.807, 2.05) is 0 Å². The molecule has 2 N–H and O–H groups in total. The van der Waals surface area contributed by atoms with Crippen molar-refractivity contribution in [3.8, 4) is 11.4 Å². The number of aromatic nitrogens is 4. The molecule has 0 aliphatic heterocycles. The molecule has 2 aromatic heterocycles. The lowest BCUT2D eigenvalue weighted by Gasteiger charge is -2.08. The van der Waals surface area contributed by atoms with Gasteiger partial charge >= 0.3 is 0 Å².